The number of aromatic nitrogens is 2. The fourth-order valence-corrected chi connectivity index (χ4v) is 4.05. The molecule has 3 aromatic rings. The van der Waals surface area contributed by atoms with E-state index in [1.165, 1.54) is 23.5 Å². The number of carbonyl (C=O) groups excluding carboxylic acids is 1. The van der Waals surface area contributed by atoms with Crippen LogP contribution in [0, 0.1) is 18.7 Å². The van der Waals surface area contributed by atoms with E-state index in [0.29, 0.717) is 17.3 Å². The average Bonchev–Trinajstić information content (AvgIpc) is 3.20. The third kappa shape index (κ3) is 4.54. The summed E-state index contributed by atoms with van der Waals surface area (Å²) in [5, 5.41) is 5.48. The van der Waals surface area contributed by atoms with Crippen LogP contribution in [0.25, 0.3) is 15.9 Å². The molecule has 2 aromatic heterocycles. The highest BCUT2D eigenvalue weighted by Gasteiger charge is 2.20. The Morgan fingerprint density at radius 3 is 2.57 bits per heavy atom. The van der Waals surface area contributed by atoms with Crippen molar-refractivity contribution in [1.82, 2.24) is 14.7 Å². The van der Waals surface area contributed by atoms with Gasteiger partial charge in [-0.15, -0.1) is 23.7 Å². The molecule has 0 saturated carbocycles. The normalized spacial score (nSPS) is 12.2. The van der Waals surface area contributed by atoms with Crippen molar-refractivity contribution in [3.8, 4) is 5.69 Å². The lowest BCUT2D eigenvalue weighted by atomic mass is 10.0. The van der Waals surface area contributed by atoms with Crippen LogP contribution < -0.4 is 5.73 Å². The SMILES string of the molecule is Cc1nn(-c2ccc(F)cc2)c2sc(C(=O)N(C)CCC(N)C(C)C)cc12.Cl. The Morgan fingerprint density at radius 2 is 1.96 bits per heavy atom. The van der Waals surface area contributed by atoms with Crippen LogP contribution in [0.15, 0.2) is 30.3 Å². The molecule has 2 heterocycles. The molecule has 2 N–H and O–H groups in total. The second-order valence-electron chi connectivity index (χ2n) is 7.23. The second kappa shape index (κ2) is 9.03. The van der Waals surface area contributed by atoms with E-state index in [1.54, 1.807) is 28.8 Å². The summed E-state index contributed by atoms with van der Waals surface area (Å²) in [5.74, 6) is 0.0848. The quantitative estimate of drug-likeness (QED) is 0.637. The van der Waals surface area contributed by atoms with E-state index in [2.05, 4.69) is 18.9 Å². The lowest BCUT2D eigenvalue weighted by molar-refractivity contribution is 0.0794. The summed E-state index contributed by atoms with van der Waals surface area (Å²) < 4.78 is 15.0. The van der Waals surface area contributed by atoms with Crippen LogP contribution in [-0.2, 0) is 0 Å². The molecular weight excluding hydrogens is 399 g/mol. The van der Waals surface area contributed by atoms with Gasteiger partial charge in [-0.1, -0.05) is 13.8 Å². The minimum Gasteiger partial charge on any atom is -0.341 e. The Bertz CT molecular complexity index is 951. The van der Waals surface area contributed by atoms with E-state index in [9.17, 15) is 9.18 Å². The lowest BCUT2D eigenvalue weighted by Crippen LogP contribution is -2.34. The van der Waals surface area contributed by atoms with Crippen molar-refractivity contribution in [2.24, 2.45) is 11.7 Å². The monoisotopic (exact) mass is 424 g/mol. The van der Waals surface area contributed by atoms with Gasteiger partial charge in [0, 0.05) is 25.0 Å². The van der Waals surface area contributed by atoms with Gasteiger partial charge in [0.25, 0.3) is 5.91 Å². The van der Waals surface area contributed by atoms with Crippen LogP contribution in [0.4, 0.5) is 4.39 Å². The Balaban J connectivity index is 0.00000280. The minimum atomic E-state index is -0.290. The van der Waals surface area contributed by atoms with Crippen molar-refractivity contribution < 1.29 is 9.18 Å². The highest BCUT2D eigenvalue weighted by Crippen LogP contribution is 2.31. The minimum absolute atomic E-state index is 0. The Morgan fingerprint density at radius 1 is 1.32 bits per heavy atom. The average molecular weight is 425 g/mol. The van der Waals surface area contributed by atoms with E-state index < -0.39 is 0 Å². The number of aryl methyl sites for hydroxylation is 1. The number of amides is 1. The van der Waals surface area contributed by atoms with Gasteiger partial charge in [-0.05, 0) is 49.6 Å². The number of halogens is 2. The summed E-state index contributed by atoms with van der Waals surface area (Å²) in [6, 6.07) is 8.15. The number of hydrogen-bond donors (Lipinski definition) is 1. The smallest absolute Gasteiger partial charge is 0.263 e. The lowest BCUT2D eigenvalue weighted by Gasteiger charge is -2.21. The molecule has 152 valence electrons. The van der Waals surface area contributed by atoms with Crippen LogP contribution >= 0.6 is 23.7 Å². The van der Waals surface area contributed by atoms with E-state index >= 15 is 0 Å². The Hall–Kier alpha value is -1.96. The van der Waals surface area contributed by atoms with E-state index in [1.807, 2.05) is 13.0 Å². The maximum absolute atomic E-state index is 13.2. The molecule has 0 aliphatic heterocycles. The number of nitrogens with two attached hydrogens (primary N) is 1. The molecule has 0 bridgehead atoms. The van der Waals surface area contributed by atoms with Gasteiger partial charge >= 0.3 is 0 Å². The predicted molar refractivity (Wildman–Crippen MR) is 115 cm³/mol. The van der Waals surface area contributed by atoms with Gasteiger partial charge in [0.1, 0.15) is 10.6 Å². The van der Waals surface area contributed by atoms with Crippen molar-refractivity contribution in [3.05, 3.63) is 46.7 Å². The fraction of sp³-hybridized carbons (Fsp3) is 0.400. The van der Waals surface area contributed by atoms with Crippen LogP contribution in [-0.4, -0.2) is 40.2 Å². The first kappa shape index (κ1) is 22.3. The van der Waals surface area contributed by atoms with Gasteiger partial charge in [0.2, 0.25) is 0 Å². The van der Waals surface area contributed by atoms with Gasteiger partial charge in [-0.25, -0.2) is 9.07 Å². The van der Waals surface area contributed by atoms with Crippen molar-refractivity contribution in [2.45, 2.75) is 33.2 Å². The number of fused-ring (bicyclic) bond motifs is 1. The van der Waals surface area contributed by atoms with Crippen LogP contribution in [0.3, 0.4) is 0 Å². The zero-order valence-corrected chi connectivity index (χ0v) is 18.1. The first-order valence-corrected chi connectivity index (χ1v) is 9.85. The summed E-state index contributed by atoms with van der Waals surface area (Å²) in [7, 11) is 1.80. The fourth-order valence-electron chi connectivity index (χ4n) is 2.88. The summed E-state index contributed by atoms with van der Waals surface area (Å²) in [6.45, 7) is 6.70. The molecule has 3 rings (SSSR count). The molecule has 1 atom stereocenters. The molecule has 28 heavy (non-hydrogen) atoms. The molecule has 0 radical (unpaired) electrons. The molecule has 1 aromatic carbocycles. The molecule has 0 spiro atoms. The summed E-state index contributed by atoms with van der Waals surface area (Å²) >= 11 is 1.41. The number of nitrogens with zero attached hydrogens (tertiary/aromatic N) is 3. The molecule has 5 nitrogen and oxygen atoms in total. The Labute approximate surface area is 174 Å². The second-order valence-corrected chi connectivity index (χ2v) is 8.26. The topological polar surface area (TPSA) is 64.2 Å². The number of carbonyl (C=O) groups is 1. The van der Waals surface area contributed by atoms with Gasteiger partial charge in [-0.2, -0.15) is 5.10 Å². The maximum atomic E-state index is 13.2. The highest BCUT2D eigenvalue weighted by molar-refractivity contribution is 7.20. The third-order valence-corrected chi connectivity index (χ3v) is 5.93. The number of benzene rings is 1. The van der Waals surface area contributed by atoms with Crippen LogP contribution in [0.5, 0.6) is 0 Å². The molecule has 1 amide bonds. The van der Waals surface area contributed by atoms with Crippen molar-refractivity contribution >= 4 is 39.9 Å². The van der Waals surface area contributed by atoms with Crippen molar-refractivity contribution in [2.75, 3.05) is 13.6 Å². The summed E-state index contributed by atoms with van der Waals surface area (Å²) in [4.78, 5) is 16.1. The highest BCUT2D eigenvalue weighted by atomic mass is 35.5. The summed E-state index contributed by atoms with van der Waals surface area (Å²) in [5.41, 5.74) is 7.70. The number of hydrogen-bond acceptors (Lipinski definition) is 4. The molecule has 0 aliphatic rings. The molecule has 0 saturated heterocycles. The predicted octanol–water partition coefficient (Wildman–Crippen LogP) is 4.40. The summed E-state index contributed by atoms with van der Waals surface area (Å²) in [6.07, 6.45) is 0.771. The maximum Gasteiger partial charge on any atom is 0.263 e. The van der Waals surface area contributed by atoms with Crippen molar-refractivity contribution in [3.63, 3.8) is 0 Å². The molecule has 8 heteroatoms. The third-order valence-electron chi connectivity index (χ3n) is 4.83. The van der Waals surface area contributed by atoms with Gasteiger partial charge in [0.15, 0.2) is 0 Å². The molecule has 0 fully saturated rings. The molecule has 0 aliphatic carbocycles. The molecule has 1 unspecified atom stereocenters. The first-order valence-electron chi connectivity index (χ1n) is 9.04. The van der Waals surface area contributed by atoms with E-state index in [4.69, 9.17) is 5.73 Å². The van der Waals surface area contributed by atoms with Gasteiger partial charge in [0.05, 0.1) is 16.3 Å². The number of thiophene rings is 1. The first-order chi connectivity index (χ1) is 12.8. The van der Waals surface area contributed by atoms with Gasteiger partial charge in [-0.3, -0.25) is 4.79 Å². The standard InChI is InChI=1S/C20H25FN4OS.ClH/c1-12(2)17(22)9-10-24(4)19(26)18-11-16-13(3)23-25(20(16)27-18)15-7-5-14(21)6-8-15;/h5-8,11-12,17H,9-10,22H2,1-4H3;1H. The van der Waals surface area contributed by atoms with E-state index in [-0.39, 0.29) is 30.2 Å². The zero-order valence-electron chi connectivity index (χ0n) is 16.5. The zero-order chi connectivity index (χ0) is 19.7. The Kier molecular flexibility index (Phi) is 7.20. The van der Waals surface area contributed by atoms with Crippen LogP contribution in [0.2, 0.25) is 0 Å². The van der Waals surface area contributed by atoms with Crippen LogP contribution in [0.1, 0.15) is 35.6 Å². The van der Waals surface area contributed by atoms with E-state index in [0.717, 1.165) is 28.0 Å². The number of rotatable bonds is 6. The largest absolute Gasteiger partial charge is 0.341 e. The van der Waals surface area contributed by atoms with Crippen molar-refractivity contribution in [1.29, 1.82) is 0 Å². The van der Waals surface area contributed by atoms with Gasteiger partial charge < -0.3 is 10.6 Å². The molecular formula is C20H26ClFN4OS.